The van der Waals surface area contributed by atoms with E-state index in [1.54, 1.807) is 6.20 Å². The Kier molecular flexibility index (Phi) is 3.67. The molecule has 26 heavy (non-hydrogen) atoms. The highest BCUT2D eigenvalue weighted by atomic mass is 32.1. The maximum atomic E-state index is 5.73. The first kappa shape index (κ1) is 15.5. The minimum absolute atomic E-state index is 0.483. The fourth-order valence-corrected chi connectivity index (χ4v) is 3.81. The maximum absolute atomic E-state index is 5.73. The molecule has 3 aromatic rings. The van der Waals surface area contributed by atoms with E-state index in [0.717, 1.165) is 46.5 Å². The first-order valence-electron chi connectivity index (χ1n) is 8.75. The zero-order valence-corrected chi connectivity index (χ0v) is 15.0. The van der Waals surface area contributed by atoms with Crippen molar-refractivity contribution in [3.05, 3.63) is 53.5 Å². The molecule has 2 aromatic heterocycles. The van der Waals surface area contributed by atoms with Crippen molar-refractivity contribution in [2.45, 2.75) is 19.3 Å². The molecule has 130 valence electrons. The summed E-state index contributed by atoms with van der Waals surface area (Å²) < 4.78 is 0. The van der Waals surface area contributed by atoms with Crippen LogP contribution in [0, 0.1) is 5.92 Å². The molecule has 0 bridgehead atoms. The molecule has 5 rings (SSSR count). The second-order valence-corrected chi connectivity index (χ2v) is 7.76. The number of hydrogen-bond acceptors (Lipinski definition) is 7. The number of aromatic nitrogens is 4. The van der Waals surface area contributed by atoms with E-state index in [-0.39, 0.29) is 0 Å². The van der Waals surface area contributed by atoms with Crippen molar-refractivity contribution in [3.8, 4) is 10.6 Å². The predicted molar refractivity (Wildman–Crippen MR) is 104 cm³/mol. The van der Waals surface area contributed by atoms with Crippen LogP contribution in [-0.2, 0) is 6.42 Å². The number of nitrogens with two attached hydrogens (primary N) is 1. The standard InChI is InChI=1S/C19H18N6S/c20-19-25-24-18(26-19)13-4-3-12-5-6-14(15(12)7-13)16-9-21-10-17(23-16)22-8-11-1-2-11/h3-4,6-7,9-11H,1-2,5,8H2,(H2,20,25)(H,22,23). The van der Waals surface area contributed by atoms with E-state index >= 15 is 0 Å². The number of nitrogens with one attached hydrogen (secondary N) is 1. The third-order valence-corrected chi connectivity index (χ3v) is 5.59. The molecule has 6 nitrogen and oxygen atoms in total. The molecule has 7 heteroatoms. The molecule has 1 saturated carbocycles. The smallest absolute Gasteiger partial charge is 0.203 e. The third-order valence-electron chi connectivity index (χ3n) is 4.79. The predicted octanol–water partition coefficient (Wildman–Crippen LogP) is 3.39. The lowest BCUT2D eigenvalue weighted by molar-refractivity contribution is 0.880. The van der Waals surface area contributed by atoms with Gasteiger partial charge in [-0.25, -0.2) is 4.98 Å². The number of allylic oxidation sites excluding steroid dienone is 1. The lowest BCUT2D eigenvalue weighted by Gasteiger charge is -2.09. The number of anilines is 2. The summed E-state index contributed by atoms with van der Waals surface area (Å²) in [5.41, 5.74) is 11.3. The molecule has 0 unspecified atom stereocenters. The van der Waals surface area contributed by atoms with E-state index in [2.05, 4.69) is 44.8 Å². The van der Waals surface area contributed by atoms with Crippen molar-refractivity contribution in [2.24, 2.45) is 5.92 Å². The van der Waals surface area contributed by atoms with Gasteiger partial charge in [0.25, 0.3) is 0 Å². The van der Waals surface area contributed by atoms with Crippen molar-refractivity contribution in [1.29, 1.82) is 0 Å². The van der Waals surface area contributed by atoms with Gasteiger partial charge in [-0.15, -0.1) is 10.2 Å². The lowest BCUT2D eigenvalue weighted by Crippen LogP contribution is -2.06. The van der Waals surface area contributed by atoms with Crippen molar-refractivity contribution in [1.82, 2.24) is 20.2 Å². The number of benzene rings is 1. The van der Waals surface area contributed by atoms with Crippen LogP contribution in [0.25, 0.3) is 16.1 Å². The second kappa shape index (κ2) is 6.17. The Bertz CT molecular complexity index is 1000. The number of nitrogen functional groups attached to an aromatic ring is 1. The van der Waals surface area contributed by atoms with Gasteiger partial charge in [-0.2, -0.15) is 0 Å². The number of nitrogens with zero attached hydrogens (tertiary/aromatic N) is 4. The quantitative estimate of drug-likeness (QED) is 0.723. The van der Waals surface area contributed by atoms with Crippen LogP contribution in [0.1, 0.15) is 29.7 Å². The fraction of sp³-hybridized carbons (Fsp3) is 0.263. The molecule has 3 N–H and O–H groups in total. The summed E-state index contributed by atoms with van der Waals surface area (Å²) in [6, 6.07) is 6.38. The second-order valence-electron chi connectivity index (χ2n) is 6.75. The Balaban J connectivity index is 1.46. The first-order chi connectivity index (χ1) is 12.8. The van der Waals surface area contributed by atoms with Gasteiger partial charge in [0.2, 0.25) is 5.13 Å². The molecule has 0 radical (unpaired) electrons. The van der Waals surface area contributed by atoms with Crippen LogP contribution >= 0.6 is 11.3 Å². The van der Waals surface area contributed by atoms with E-state index in [1.807, 2.05) is 6.20 Å². The SMILES string of the molecule is Nc1nnc(-c2ccc3c(c2)C(c2cncc(NCC4CC4)n2)=CC3)s1. The molecule has 0 spiro atoms. The normalized spacial score (nSPS) is 15.6. The summed E-state index contributed by atoms with van der Waals surface area (Å²) in [6.07, 6.45) is 9.39. The molecular weight excluding hydrogens is 344 g/mol. The van der Waals surface area contributed by atoms with E-state index in [4.69, 9.17) is 10.7 Å². The number of fused-ring (bicyclic) bond motifs is 1. The maximum Gasteiger partial charge on any atom is 0.203 e. The first-order valence-corrected chi connectivity index (χ1v) is 9.57. The lowest BCUT2D eigenvalue weighted by atomic mass is 10.0. The summed E-state index contributed by atoms with van der Waals surface area (Å²) >= 11 is 1.40. The average molecular weight is 362 g/mol. The molecule has 0 atom stereocenters. The van der Waals surface area contributed by atoms with E-state index < -0.39 is 0 Å². The number of hydrogen-bond donors (Lipinski definition) is 2. The Morgan fingerprint density at radius 3 is 2.92 bits per heavy atom. The molecule has 2 aliphatic carbocycles. The highest BCUT2D eigenvalue weighted by Gasteiger charge is 2.22. The van der Waals surface area contributed by atoms with Gasteiger partial charge in [-0.05, 0) is 42.4 Å². The minimum Gasteiger partial charge on any atom is -0.374 e. The highest BCUT2D eigenvalue weighted by Crippen LogP contribution is 2.36. The topological polar surface area (TPSA) is 89.6 Å². The summed E-state index contributed by atoms with van der Waals surface area (Å²) in [4.78, 5) is 9.15. The average Bonchev–Trinajstić information content (AvgIpc) is 3.24. The summed E-state index contributed by atoms with van der Waals surface area (Å²) in [6.45, 7) is 0.983. The van der Waals surface area contributed by atoms with Crippen LogP contribution in [-0.4, -0.2) is 26.7 Å². The summed E-state index contributed by atoms with van der Waals surface area (Å²) in [7, 11) is 0. The molecule has 0 amide bonds. The molecule has 1 aromatic carbocycles. The van der Waals surface area contributed by atoms with Crippen LogP contribution in [0.2, 0.25) is 0 Å². The van der Waals surface area contributed by atoms with Gasteiger partial charge in [0.1, 0.15) is 10.8 Å². The Morgan fingerprint density at radius 2 is 2.12 bits per heavy atom. The van der Waals surface area contributed by atoms with Gasteiger partial charge in [0, 0.05) is 17.7 Å². The van der Waals surface area contributed by atoms with Gasteiger partial charge in [0.15, 0.2) is 0 Å². The van der Waals surface area contributed by atoms with Gasteiger partial charge in [-0.3, -0.25) is 4.98 Å². The zero-order valence-electron chi connectivity index (χ0n) is 14.1. The van der Waals surface area contributed by atoms with E-state index in [1.165, 1.54) is 35.3 Å². The van der Waals surface area contributed by atoms with Crippen molar-refractivity contribution in [2.75, 3.05) is 17.6 Å². The monoisotopic (exact) mass is 362 g/mol. The van der Waals surface area contributed by atoms with E-state index in [9.17, 15) is 0 Å². The van der Waals surface area contributed by atoms with Crippen LogP contribution < -0.4 is 11.1 Å². The van der Waals surface area contributed by atoms with Crippen LogP contribution in [0.3, 0.4) is 0 Å². The van der Waals surface area contributed by atoms with Gasteiger partial charge in [0.05, 0.1) is 18.1 Å². The Labute approximate surface area is 155 Å². The zero-order chi connectivity index (χ0) is 17.5. The Hall–Kier alpha value is -2.80. The van der Waals surface area contributed by atoms with Gasteiger partial charge < -0.3 is 11.1 Å². The van der Waals surface area contributed by atoms with Crippen LogP contribution in [0.4, 0.5) is 10.9 Å². The largest absolute Gasteiger partial charge is 0.374 e. The number of rotatable bonds is 5. The van der Waals surface area contributed by atoms with Crippen LogP contribution in [0.5, 0.6) is 0 Å². The highest BCUT2D eigenvalue weighted by molar-refractivity contribution is 7.18. The van der Waals surface area contributed by atoms with Crippen molar-refractivity contribution in [3.63, 3.8) is 0 Å². The molecule has 0 saturated heterocycles. The fourth-order valence-electron chi connectivity index (χ4n) is 3.21. The summed E-state index contributed by atoms with van der Waals surface area (Å²) in [5.74, 6) is 1.64. The Morgan fingerprint density at radius 1 is 1.19 bits per heavy atom. The molecular formula is C19H18N6S. The van der Waals surface area contributed by atoms with E-state index in [0.29, 0.717) is 5.13 Å². The summed E-state index contributed by atoms with van der Waals surface area (Å²) in [5, 5.41) is 12.8. The van der Waals surface area contributed by atoms with Crippen LogP contribution in [0.15, 0.2) is 36.7 Å². The molecule has 0 aliphatic heterocycles. The third kappa shape index (κ3) is 2.94. The molecule has 1 fully saturated rings. The molecule has 2 aliphatic rings. The molecule has 2 heterocycles. The minimum atomic E-state index is 0.483. The van der Waals surface area contributed by atoms with Gasteiger partial charge >= 0.3 is 0 Å². The van der Waals surface area contributed by atoms with Crippen molar-refractivity contribution < 1.29 is 0 Å². The van der Waals surface area contributed by atoms with Gasteiger partial charge in [-0.1, -0.05) is 29.5 Å². The van der Waals surface area contributed by atoms with Crippen molar-refractivity contribution >= 4 is 27.9 Å².